The molecule has 1 heterocycles. The minimum absolute atomic E-state index is 0.325. The molecule has 0 unspecified atom stereocenters. The molecule has 0 N–H and O–H groups in total. The van der Waals surface area contributed by atoms with Crippen LogP contribution in [0.5, 0.6) is 0 Å². The Bertz CT molecular complexity index is 365. The van der Waals surface area contributed by atoms with Crippen LogP contribution in [0.1, 0.15) is 24.1 Å². The smallest absolute Gasteiger partial charge is 0.144 e. The van der Waals surface area contributed by atoms with Crippen LogP contribution >= 0.6 is 11.6 Å². The fraction of sp³-hybridized carbons (Fsp3) is 0.364. The van der Waals surface area contributed by atoms with Gasteiger partial charge < -0.3 is 0 Å². The van der Waals surface area contributed by atoms with Crippen molar-refractivity contribution in [3.63, 3.8) is 0 Å². The number of nitrogens with zero attached hydrogens (tertiary/aromatic N) is 1. The molecule has 1 aromatic heterocycles. The molecule has 1 rings (SSSR count). The van der Waals surface area contributed by atoms with Gasteiger partial charge in [0.15, 0.2) is 0 Å². The summed E-state index contributed by atoms with van der Waals surface area (Å²) in [7, 11) is 0. The minimum Gasteiger partial charge on any atom is -0.251 e. The Morgan fingerprint density at radius 3 is 2.93 bits per heavy atom. The molecule has 0 bridgehead atoms. The molecular weight excluding hydrogens is 201 g/mol. The third-order valence-electron chi connectivity index (χ3n) is 1.65. The van der Waals surface area contributed by atoms with Crippen molar-refractivity contribution >= 4 is 11.6 Å². The second-order valence-electron chi connectivity index (χ2n) is 2.89. The van der Waals surface area contributed by atoms with Crippen molar-refractivity contribution < 1.29 is 4.39 Å². The Morgan fingerprint density at radius 2 is 2.29 bits per heavy atom. The Hall–Kier alpha value is -1.07. The van der Waals surface area contributed by atoms with Crippen LogP contribution in [0.4, 0.5) is 4.39 Å². The second-order valence-corrected chi connectivity index (χ2v) is 3.24. The molecule has 0 amide bonds. The van der Waals surface area contributed by atoms with Crippen LogP contribution in [-0.2, 0) is 0 Å². The van der Waals surface area contributed by atoms with E-state index >= 15 is 0 Å². The van der Waals surface area contributed by atoms with Crippen LogP contribution in [-0.4, -0.2) is 11.7 Å². The normalized spacial score (nSPS) is 9.36. The van der Waals surface area contributed by atoms with E-state index in [-0.39, 0.29) is 6.67 Å². The van der Waals surface area contributed by atoms with E-state index < -0.39 is 0 Å². The zero-order valence-electron chi connectivity index (χ0n) is 7.98. The summed E-state index contributed by atoms with van der Waals surface area (Å²) >= 11 is 5.85. The average molecular weight is 212 g/mol. The molecule has 74 valence electrons. The number of pyridine rings is 1. The van der Waals surface area contributed by atoms with Crippen molar-refractivity contribution in [2.24, 2.45) is 0 Å². The maximum atomic E-state index is 11.7. The molecule has 0 saturated carbocycles. The highest BCUT2D eigenvalue weighted by Crippen LogP contribution is 2.11. The highest BCUT2D eigenvalue weighted by Gasteiger charge is 1.97. The van der Waals surface area contributed by atoms with E-state index in [0.717, 1.165) is 5.69 Å². The molecule has 1 aromatic rings. The lowest BCUT2D eigenvalue weighted by Gasteiger charge is -1.95. The van der Waals surface area contributed by atoms with Crippen LogP contribution in [0.2, 0.25) is 5.15 Å². The lowest BCUT2D eigenvalue weighted by molar-refractivity contribution is 0.477. The van der Waals surface area contributed by atoms with E-state index in [1.165, 1.54) is 0 Å². The molecule has 0 aliphatic carbocycles. The highest BCUT2D eigenvalue weighted by atomic mass is 35.5. The first-order valence-electron chi connectivity index (χ1n) is 4.42. The molecule has 0 aliphatic rings. The van der Waals surface area contributed by atoms with Crippen molar-refractivity contribution in [1.29, 1.82) is 0 Å². The van der Waals surface area contributed by atoms with E-state index in [4.69, 9.17) is 11.6 Å². The van der Waals surface area contributed by atoms with Crippen LogP contribution in [0.15, 0.2) is 12.1 Å². The van der Waals surface area contributed by atoms with Gasteiger partial charge in [0.2, 0.25) is 0 Å². The van der Waals surface area contributed by atoms with Gasteiger partial charge in [-0.2, -0.15) is 0 Å². The Kier molecular flexibility index (Phi) is 4.42. The first kappa shape index (κ1) is 11.0. The molecule has 0 atom stereocenters. The van der Waals surface area contributed by atoms with Crippen molar-refractivity contribution in [3.8, 4) is 11.8 Å². The van der Waals surface area contributed by atoms with Gasteiger partial charge in [-0.1, -0.05) is 23.4 Å². The quantitative estimate of drug-likeness (QED) is 0.416. The van der Waals surface area contributed by atoms with Gasteiger partial charge in [0.05, 0.1) is 12.2 Å². The standard InChI is InChI=1S/C11H11ClFN/c1-9-6-7-10(11(12)14-9)5-3-2-4-8-13/h6-7H,2,4,8H2,1H3. The molecule has 0 aromatic carbocycles. The number of halogens is 2. The predicted octanol–water partition coefficient (Wildman–Crippen LogP) is 3.14. The van der Waals surface area contributed by atoms with Crippen LogP contribution in [0.25, 0.3) is 0 Å². The molecule has 0 saturated heterocycles. The topological polar surface area (TPSA) is 12.9 Å². The first-order chi connectivity index (χ1) is 6.74. The van der Waals surface area contributed by atoms with Gasteiger partial charge in [-0.15, -0.1) is 0 Å². The van der Waals surface area contributed by atoms with E-state index in [1.807, 2.05) is 19.1 Å². The summed E-state index contributed by atoms with van der Waals surface area (Å²) in [6.07, 6.45) is 1.03. The van der Waals surface area contributed by atoms with Gasteiger partial charge in [0.25, 0.3) is 0 Å². The Morgan fingerprint density at radius 1 is 1.50 bits per heavy atom. The molecule has 0 spiro atoms. The zero-order valence-corrected chi connectivity index (χ0v) is 8.74. The van der Waals surface area contributed by atoms with Crippen LogP contribution < -0.4 is 0 Å². The predicted molar refractivity (Wildman–Crippen MR) is 56.1 cm³/mol. The first-order valence-corrected chi connectivity index (χ1v) is 4.80. The largest absolute Gasteiger partial charge is 0.251 e. The van der Waals surface area contributed by atoms with Crippen LogP contribution in [0, 0.1) is 18.8 Å². The lowest BCUT2D eigenvalue weighted by Crippen LogP contribution is -1.85. The van der Waals surface area contributed by atoms with E-state index in [9.17, 15) is 4.39 Å². The van der Waals surface area contributed by atoms with Gasteiger partial charge >= 0.3 is 0 Å². The van der Waals surface area contributed by atoms with Gasteiger partial charge in [0.1, 0.15) is 5.15 Å². The number of alkyl halides is 1. The lowest BCUT2D eigenvalue weighted by atomic mass is 10.2. The van der Waals surface area contributed by atoms with E-state index in [2.05, 4.69) is 16.8 Å². The average Bonchev–Trinajstić information content (AvgIpc) is 2.15. The van der Waals surface area contributed by atoms with Gasteiger partial charge in [-0.3, -0.25) is 4.39 Å². The summed E-state index contributed by atoms with van der Waals surface area (Å²) in [4.78, 5) is 4.06. The number of aromatic nitrogens is 1. The molecule has 1 nitrogen and oxygen atoms in total. The molecule has 14 heavy (non-hydrogen) atoms. The second kappa shape index (κ2) is 5.62. The fourth-order valence-electron chi connectivity index (χ4n) is 0.931. The van der Waals surface area contributed by atoms with Crippen molar-refractivity contribution in [3.05, 3.63) is 28.5 Å². The molecular formula is C11H11ClFN. The Balaban J connectivity index is 2.70. The van der Waals surface area contributed by atoms with Gasteiger partial charge in [-0.05, 0) is 25.5 Å². The third kappa shape index (κ3) is 3.35. The van der Waals surface area contributed by atoms with Crippen molar-refractivity contribution in [2.45, 2.75) is 19.8 Å². The number of aryl methyl sites for hydroxylation is 1. The summed E-state index contributed by atoms with van der Waals surface area (Å²) in [5.74, 6) is 5.71. The summed E-state index contributed by atoms with van der Waals surface area (Å²) in [5, 5.41) is 0.415. The van der Waals surface area contributed by atoms with Crippen molar-refractivity contribution in [1.82, 2.24) is 4.98 Å². The minimum atomic E-state index is -0.325. The maximum absolute atomic E-state index is 11.7. The molecule has 0 fully saturated rings. The third-order valence-corrected chi connectivity index (χ3v) is 1.93. The maximum Gasteiger partial charge on any atom is 0.144 e. The van der Waals surface area contributed by atoms with Crippen molar-refractivity contribution in [2.75, 3.05) is 6.67 Å². The molecule has 3 heteroatoms. The SMILES string of the molecule is Cc1ccc(C#CCCCF)c(Cl)n1. The summed E-state index contributed by atoms with van der Waals surface area (Å²) in [5.41, 5.74) is 1.57. The monoisotopic (exact) mass is 211 g/mol. The number of hydrogen-bond donors (Lipinski definition) is 0. The van der Waals surface area contributed by atoms with Gasteiger partial charge in [-0.25, -0.2) is 4.98 Å². The number of rotatable bonds is 2. The van der Waals surface area contributed by atoms with E-state index in [1.54, 1.807) is 0 Å². The summed E-state index contributed by atoms with van der Waals surface area (Å²) < 4.78 is 11.7. The molecule has 0 radical (unpaired) electrons. The zero-order chi connectivity index (χ0) is 10.4. The summed E-state index contributed by atoms with van der Waals surface area (Å²) in [6, 6.07) is 3.68. The van der Waals surface area contributed by atoms with Gasteiger partial charge in [0, 0.05) is 12.1 Å². The van der Waals surface area contributed by atoms with Crippen LogP contribution in [0.3, 0.4) is 0 Å². The number of hydrogen-bond acceptors (Lipinski definition) is 1. The summed E-state index contributed by atoms with van der Waals surface area (Å²) in [6.45, 7) is 1.54. The highest BCUT2D eigenvalue weighted by molar-refractivity contribution is 6.30. The number of unbranched alkanes of at least 4 members (excludes halogenated alkanes) is 1. The Labute approximate surface area is 88.3 Å². The fourth-order valence-corrected chi connectivity index (χ4v) is 1.17. The molecule has 0 aliphatic heterocycles. The van der Waals surface area contributed by atoms with E-state index in [0.29, 0.717) is 23.6 Å².